The van der Waals surface area contributed by atoms with Gasteiger partial charge in [0.05, 0.1) is 12.6 Å². The second kappa shape index (κ2) is 5.11. The summed E-state index contributed by atoms with van der Waals surface area (Å²) in [5.41, 5.74) is 2.52. The average Bonchev–Trinajstić information content (AvgIpc) is 2.89. The quantitative estimate of drug-likeness (QED) is 0.867. The molecule has 96 valence electrons. The number of rotatable bonds is 2. The van der Waals surface area contributed by atoms with Crippen molar-refractivity contribution in [3.63, 3.8) is 0 Å². The van der Waals surface area contributed by atoms with Gasteiger partial charge in [-0.05, 0) is 31.9 Å². The van der Waals surface area contributed by atoms with E-state index in [1.54, 1.807) is 0 Å². The van der Waals surface area contributed by atoms with Crippen LogP contribution in [0.1, 0.15) is 36.5 Å². The van der Waals surface area contributed by atoms with E-state index in [9.17, 15) is 0 Å². The van der Waals surface area contributed by atoms with Crippen LogP contribution < -0.4 is 5.32 Å². The van der Waals surface area contributed by atoms with E-state index >= 15 is 0 Å². The Balaban J connectivity index is 1.66. The number of nitrogens with one attached hydrogen (secondary N) is 1. The third-order valence-electron chi connectivity index (χ3n) is 3.70. The number of hydrogen-bond donors (Lipinski definition) is 1. The molecule has 2 atom stereocenters. The van der Waals surface area contributed by atoms with Gasteiger partial charge in [-0.25, -0.2) is 4.99 Å². The zero-order valence-corrected chi connectivity index (χ0v) is 10.9. The van der Waals surface area contributed by atoms with Crippen LogP contribution in [0.2, 0.25) is 0 Å². The Labute approximate surface area is 108 Å². The first-order chi connectivity index (χ1) is 8.83. The van der Waals surface area contributed by atoms with Crippen LogP contribution in [0.15, 0.2) is 29.3 Å². The van der Waals surface area contributed by atoms with Gasteiger partial charge in [0.25, 0.3) is 0 Å². The summed E-state index contributed by atoms with van der Waals surface area (Å²) in [5, 5.41) is 3.49. The van der Waals surface area contributed by atoms with Crippen molar-refractivity contribution in [2.24, 2.45) is 4.99 Å². The molecule has 1 N–H and O–H groups in total. The van der Waals surface area contributed by atoms with Crippen LogP contribution in [0, 0.1) is 6.92 Å². The molecule has 1 aromatic carbocycles. The summed E-state index contributed by atoms with van der Waals surface area (Å²) in [6.07, 6.45) is 3.81. The minimum absolute atomic E-state index is 0.114. The fourth-order valence-corrected chi connectivity index (χ4v) is 2.69. The monoisotopic (exact) mass is 244 g/mol. The zero-order chi connectivity index (χ0) is 12.4. The second-order valence-electron chi connectivity index (χ2n) is 5.20. The topological polar surface area (TPSA) is 33.6 Å². The molecule has 1 aromatic rings. The van der Waals surface area contributed by atoms with E-state index in [0.717, 1.165) is 25.4 Å². The summed E-state index contributed by atoms with van der Waals surface area (Å²) in [6, 6.07) is 8.86. The maximum Gasteiger partial charge on any atom is 0.201 e. The van der Waals surface area contributed by atoms with Crippen molar-refractivity contribution >= 4 is 5.90 Å². The lowest BCUT2D eigenvalue weighted by atomic mass is 10.1. The summed E-state index contributed by atoms with van der Waals surface area (Å²) in [4.78, 5) is 4.58. The molecule has 3 heteroatoms. The normalized spacial score (nSPS) is 27.7. The number of hydrogen-bond acceptors (Lipinski definition) is 3. The largest absolute Gasteiger partial charge is 0.470 e. The molecule has 0 amide bonds. The highest BCUT2D eigenvalue weighted by atomic mass is 16.5. The van der Waals surface area contributed by atoms with Gasteiger partial charge in [0, 0.05) is 0 Å². The third kappa shape index (κ3) is 2.41. The van der Waals surface area contributed by atoms with Crippen molar-refractivity contribution in [1.29, 1.82) is 0 Å². The summed E-state index contributed by atoms with van der Waals surface area (Å²) in [6.45, 7) is 3.96. The lowest BCUT2D eigenvalue weighted by Gasteiger charge is -2.23. The first-order valence-electron chi connectivity index (χ1n) is 6.84. The van der Waals surface area contributed by atoms with E-state index in [-0.39, 0.29) is 6.10 Å². The molecule has 1 fully saturated rings. The highest BCUT2D eigenvalue weighted by molar-refractivity contribution is 5.83. The summed E-state index contributed by atoms with van der Waals surface area (Å²) < 4.78 is 6.03. The molecule has 0 aromatic heterocycles. The van der Waals surface area contributed by atoms with Crippen molar-refractivity contribution in [3.8, 4) is 0 Å². The van der Waals surface area contributed by atoms with E-state index in [1.807, 2.05) is 0 Å². The van der Waals surface area contributed by atoms with Crippen molar-refractivity contribution in [3.05, 3.63) is 35.4 Å². The molecular weight excluding hydrogens is 224 g/mol. The number of aliphatic imine (C=N–C) groups is 1. The number of piperidine rings is 1. The molecule has 2 heterocycles. The SMILES string of the molecule is Cc1cccc(C2CN=C(C3CCCCN3)O2)c1. The van der Waals surface area contributed by atoms with Crippen LogP contribution in [-0.2, 0) is 4.74 Å². The zero-order valence-electron chi connectivity index (χ0n) is 10.9. The minimum Gasteiger partial charge on any atom is -0.470 e. The molecule has 1 saturated heterocycles. The maximum atomic E-state index is 6.03. The van der Waals surface area contributed by atoms with Gasteiger partial charge in [0.1, 0.15) is 6.10 Å². The molecule has 0 bridgehead atoms. The standard InChI is InChI=1S/C15H20N2O/c1-11-5-4-6-12(9-11)14-10-17-15(18-14)13-7-2-3-8-16-13/h4-6,9,13-14,16H,2-3,7-8,10H2,1H3. The highest BCUT2D eigenvalue weighted by Gasteiger charge is 2.28. The van der Waals surface area contributed by atoms with Crippen molar-refractivity contribution in [2.75, 3.05) is 13.1 Å². The first kappa shape index (κ1) is 11.7. The molecular formula is C15H20N2O. The number of ether oxygens (including phenoxy) is 1. The van der Waals surface area contributed by atoms with Crippen LogP contribution in [0.5, 0.6) is 0 Å². The molecule has 3 rings (SSSR count). The Morgan fingerprint density at radius 3 is 3.06 bits per heavy atom. The van der Waals surface area contributed by atoms with E-state index < -0.39 is 0 Å². The van der Waals surface area contributed by atoms with Gasteiger partial charge in [-0.3, -0.25) is 0 Å². The van der Waals surface area contributed by atoms with E-state index in [2.05, 4.69) is 41.5 Å². The van der Waals surface area contributed by atoms with Crippen molar-refractivity contribution in [1.82, 2.24) is 5.32 Å². The molecule has 2 aliphatic rings. The van der Waals surface area contributed by atoms with Crippen LogP contribution in [-0.4, -0.2) is 25.0 Å². The Bertz CT molecular complexity index is 450. The molecule has 0 aliphatic carbocycles. The fraction of sp³-hybridized carbons (Fsp3) is 0.533. The van der Waals surface area contributed by atoms with Gasteiger partial charge in [0.15, 0.2) is 0 Å². The average molecular weight is 244 g/mol. The molecule has 18 heavy (non-hydrogen) atoms. The number of aryl methyl sites for hydroxylation is 1. The Morgan fingerprint density at radius 1 is 1.33 bits per heavy atom. The van der Waals surface area contributed by atoms with E-state index in [1.165, 1.54) is 24.0 Å². The van der Waals surface area contributed by atoms with Crippen LogP contribution in [0.25, 0.3) is 0 Å². The Kier molecular flexibility index (Phi) is 3.33. The molecule has 0 saturated carbocycles. The fourth-order valence-electron chi connectivity index (χ4n) is 2.69. The molecule has 0 radical (unpaired) electrons. The first-order valence-corrected chi connectivity index (χ1v) is 6.84. The summed E-state index contributed by atoms with van der Waals surface area (Å²) >= 11 is 0. The van der Waals surface area contributed by atoms with Crippen LogP contribution in [0.3, 0.4) is 0 Å². The smallest absolute Gasteiger partial charge is 0.201 e. The van der Waals surface area contributed by atoms with Crippen LogP contribution >= 0.6 is 0 Å². The maximum absolute atomic E-state index is 6.03. The lowest BCUT2D eigenvalue weighted by molar-refractivity contribution is 0.213. The van der Waals surface area contributed by atoms with Crippen molar-refractivity contribution in [2.45, 2.75) is 38.3 Å². The highest BCUT2D eigenvalue weighted by Crippen LogP contribution is 2.26. The predicted molar refractivity (Wildman–Crippen MR) is 72.9 cm³/mol. The summed E-state index contributed by atoms with van der Waals surface area (Å²) in [5.74, 6) is 0.918. The molecule has 2 aliphatic heterocycles. The molecule has 3 nitrogen and oxygen atoms in total. The Hall–Kier alpha value is -1.35. The van der Waals surface area contributed by atoms with Gasteiger partial charge in [0.2, 0.25) is 5.90 Å². The van der Waals surface area contributed by atoms with Gasteiger partial charge in [-0.1, -0.05) is 36.2 Å². The minimum atomic E-state index is 0.114. The van der Waals surface area contributed by atoms with Gasteiger partial charge in [-0.15, -0.1) is 0 Å². The van der Waals surface area contributed by atoms with E-state index in [4.69, 9.17) is 4.74 Å². The van der Waals surface area contributed by atoms with Gasteiger partial charge >= 0.3 is 0 Å². The lowest BCUT2D eigenvalue weighted by Crippen LogP contribution is -2.40. The number of benzene rings is 1. The Morgan fingerprint density at radius 2 is 2.28 bits per heavy atom. The third-order valence-corrected chi connectivity index (χ3v) is 3.70. The second-order valence-corrected chi connectivity index (χ2v) is 5.20. The molecule has 0 spiro atoms. The van der Waals surface area contributed by atoms with E-state index in [0.29, 0.717) is 6.04 Å². The van der Waals surface area contributed by atoms with Gasteiger partial charge < -0.3 is 10.1 Å². The van der Waals surface area contributed by atoms with Crippen molar-refractivity contribution < 1.29 is 4.74 Å². The molecule has 2 unspecified atom stereocenters. The van der Waals surface area contributed by atoms with Gasteiger partial charge in [-0.2, -0.15) is 0 Å². The number of nitrogens with zero attached hydrogens (tertiary/aromatic N) is 1. The van der Waals surface area contributed by atoms with Crippen LogP contribution in [0.4, 0.5) is 0 Å². The summed E-state index contributed by atoms with van der Waals surface area (Å²) in [7, 11) is 0. The predicted octanol–water partition coefficient (Wildman–Crippen LogP) is 2.61.